The lowest BCUT2D eigenvalue weighted by Crippen LogP contribution is -2.87. The fraction of sp³-hybridized carbons (Fsp3) is 0.667. The van der Waals surface area contributed by atoms with E-state index in [4.69, 9.17) is 22.9 Å². The molecule has 0 aliphatic heterocycles. The van der Waals surface area contributed by atoms with Crippen LogP contribution in [0.2, 0.25) is 0 Å². The average molecular weight is 419 g/mol. The van der Waals surface area contributed by atoms with Gasteiger partial charge >= 0.3 is 11.9 Å². The SMILES string of the molecule is CSCC[C@H]([NH+]=C(N)N)C(=O)[O-].CSCC[C@H]([NH+]=C(N)N)C(=O)[O-].O.O. The maximum absolute atomic E-state index is 10.4. The van der Waals surface area contributed by atoms with Crippen molar-refractivity contribution >= 4 is 47.4 Å². The Labute approximate surface area is 160 Å². The molecule has 0 spiro atoms. The van der Waals surface area contributed by atoms with Crippen LogP contribution in [-0.4, -0.2) is 70.9 Å². The molecule has 12 nitrogen and oxygen atoms in total. The van der Waals surface area contributed by atoms with Crippen LogP contribution in [0.25, 0.3) is 0 Å². The number of carboxylic acids is 2. The van der Waals surface area contributed by atoms with E-state index in [0.29, 0.717) is 12.8 Å². The van der Waals surface area contributed by atoms with Crippen molar-refractivity contribution in [2.45, 2.75) is 24.9 Å². The molecule has 0 aromatic carbocycles. The Morgan fingerprint density at radius 2 is 1.08 bits per heavy atom. The fourth-order valence-electron chi connectivity index (χ4n) is 1.37. The van der Waals surface area contributed by atoms with Crippen molar-refractivity contribution in [1.82, 2.24) is 0 Å². The van der Waals surface area contributed by atoms with Crippen molar-refractivity contribution in [3.8, 4) is 0 Å². The molecule has 0 saturated heterocycles. The number of nitrogens with one attached hydrogen (secondary N) is 2. The summed E-state index contributed by atoms with van der Waals surface area (Å²) in [6.07, 6.45) is 4.67. The molecule has 0 heterocycles. The third-order valence-corrected chi connectivity index (χ3v) is 3.76. The van der Waals surface area contributed by atoms with Crippen LogP contribution in [0.5, 0.6) is 0 Å². The van der Waals surface area contributed by atoms with E-state index in [1.165, 1.54) is 0 Å². The fourth-order valence-corrected chi connectivity index (χ4v) is 2.31. The van der Waals surface area contributed by atoms with Crippen LogP contribution in [0.4, 0.5) is 0 Å². The number of carbonyl (C=O) groups is 2. The molecule has 0 saturated carbocycles. The lowest BCUT2D eigenvalue weighted by atomic mass is 10.2. The van der Waals surface area contributed by atoms with E-state index >= 15 is 0 Å². The standard InChI is InChI=1S/2C6H13N3O2S.2H2O/c2*1-12-3-2-4(5(10)11)9-6(7)8;;/h2*4H,2-3H2,1H3,(H,10,11)(H4,7,8,9);2*1H2/t2*4-;;/m00../s1. The normalized spacial score (nSPS) is 11.2. The van der Waals surface area contributed by atoms with Gasteiger partial charge in [-0.25, -0.2) is 0 Å². The molecule has 14 heteroatoms. The predicted molar refractivity (Wildman–Crippen MR) is 99.5 cm³/mol. The number of guanidine groups is 2. The monoisotopic (exact) mass is 418 g/mol. The van der Waals surface area contributed by atoms with E-state index in [2.05, 4.69) is 9.98 Å². The first kappa shape index (κ1) is 31.8. The molecule has 2 atom stereocenters. The largest absolute Gasteiger partial charge is 0.546 e. The highest BCUT2D eigenvalue weighted by molar-refractivity contribution is 7.98. The summed E-state index contributed by atoms with van der Waals surface area (Å²) in [7, 11) is 0. The van der Waals surface area contributed by atoms with Crippen molar-refractivity contribution < 1.29 is 40.7 Å². The second-order valence-corrected chi connectivity index (χ2v) is 6.48. The van der Waals surface area contributed by atoms with E-state index < -0.39 is 24.0 Å². The highest BCUT2D eigenvalue weighted by atomic mass is 32.2. The van der Waals surface area contributed by atoms with Gasteiger partial charge in [0, 0.05) is 0 Å². The van der Waals surface area contributed by atoms with Crippen LogP contribution >= 0.6 is 23.5 Å². The molecule has 0 aliphatic rings. The Kier molecular flexibility index (Phi) is 23.8. The number of aliphatic carboxylic acids is 2. The van der Waals surface area contributed by atoms with Gasteiger partial charge in [-0.3, -0.25) is 32.9 Å². The zero-order chi connectivity index (χ0) is 19.1. The van der Waals surface area contributed by atoms with E-state index in [9.17, 15) is 19.8 Å². The molecule has 0 bridgehead atoms. The summed E-state index contributed by atoms with van der Waals surface area (Å²) in [6, 6.07) is -1.58. The van der Waals surface area contributed by atoms with Gasteiger partial charge in [-0.05, 0) is 36.9 Å². The van der Waals surface area contributed by atoms with Crippen molar-refractivity contribution in [2.75, 3.05) is 24.0 Å². The van der Waals surface area contributed by atoms with Crippen molar-refractivity contribution in [3.05, 3.63) is 0 Å². The van der Waals surface area contributed by atoms with E-state index in [1.807, 2.05) is 12.5 Å². The minimum Gasteiger partial charge on any atom is -0.546 e. The molecule has 26 heavy (non-hydrogen) atoms. The Morgan fingerprint density at radius 1 is 0.808 bits per heavy atom. The molecule has 0 aliphatic carbocycles. The molecular formula is C12H30N6O6S2. The van der Waals surface area contributed by atoms with Gasteiger partial charge in [0.25, 0.3) is 0 Å². The van der Waals surface area contributed by atoms with Gasteiger partial charge < -0.3 is 30.8 Å². The van der Waals surface area contributed by atoms with Crippen molar-refractivity contribution in [3.63, 3.8) is 0 Å². The molecule has 0 fully saturated rings. The molecule has 0 radical (unpaired) electrons. The number of carbonyl (C=O) groups excluding carboxylic acids is 2. The van der Waals surface area contributed by atoms with Crippen molar-refractivity contribution in [1.29, 1.82) is 0 Å². The van der Waals surface area contributed by atoms with Crippen LogP contribution in [0.15, 0.2) is 0 Å². The first-order chi connectivity index (χ1) is 11.1. The third kappa shape index (κ3) is 20.1. The smallest absolute Gasteiger partial charge is 0.339 e. The first-order valence-corrected chi connectivity index (χ1v) is 9.62. The lowest BCUT2D eigenvalue weighted by molar-refractivity contribution is -0.508. The topological polar surface area (TPSA) is 275 Å². The number of rotatable bonds is 10. The zero-order valence-corrected chi connectivity index (χ0v) is 16.4. The molecule has 0 aromatic heterocycles. The predicted octanol–water partition coefficient (Wildman–Crippen LogP) is -9.23. The summed E-state index contributed by atoms with van der Waals surface area (Å²) < 4.78 is 0. The maximum atomic E-state index is 10.4. The van der Waals surface area contributed by atoms with Gasteiger partial charge in [0.1, 0.15) is 12.1 Å². The molecule has 0 unspecified atom stereocenters. The lowest BCUT2D eigenvalue weighted by Gasteiger charge is -2.10. The quantitative estimate of drug-likeness (QED) is 0.144. The molecule has 0 rings (SSSR count). The molecule has 0 aromatic rings. The number of hydrogen-bond acceptors (Lipinski definition) is 6. The second kappa shape index (κ2) is 19.4. The summed E-state index contributed by atoms with van der Waals surface area (Å²) in [6.45, 7) is 0. The third-order valence-electron chi connectivity index (χ3n) is 2.47. The highest BCUT2D eigenvalue weighted by Crippen LogP contribution is 1.96. The molecule has 0 amide bonds. The van der Waals surface area contributed by atoms with Crippen LogP contribution in [0.3, 0.4) is 0 Å². The minimum atomic E-state index is -1.18. The Morgan fingerprint density at radius 3 is 1.23 bits per heavy atom. The Hall–Kier alpha value is -1.90. The second-order valence-electron chi connectivity index (χ2n) is 4.51. The minimum absolute atomic E-state index is 0. The maximum Gasteiger partial charge on any atom is 0.339 e. The summed E-state index contributed by atoms with van der Waals surface area (Å²) in [5, 5.41) is 20.9. The van der Waals surface area contributed by atoms with Gasteiger partial charge in [-0.1, -0.05) is 0 Å². The summed E-state index contributed by atoms with van der Waals surface area (Å²) in [4.78, 5) is 25.7. The van der Waals surface area contributed by atoms with Crippen LogP contribution in [0.1, 0.15) is 12.8 Å². The number of carboxylic acid groups (broad SMARTS) is 2. The number of nitrogens with two attached hydrogens (primary N) is 4. The summed E-state index contributed by atoms with van der Waals surface area (Å²) in [5.41, 5.74) is 20.4. The van der Waals surface area contributed by atoms with E-state index in [0.717, 1.165) is 11.5 Å². The van der Waals surface area contributed by atoms with Gasteiger partial charge in [0.05, 0.1) is 11.9 Å². The summed E-state index contributed by atoms with van der Waals surface area (Å²) >= 11 is 3.10. The molecule has 156 valence electrons. The molecular weight excluding hydrogens is 388 g/mol. The zero-order valence-electron chi connectivity index (χ0n) is 14.7. The van der Waals surface area contributed by atoms with Crippen LogP contribution < -0.4 is 43.1 Å². The number of thioether (sulfide) groups is 2. The summed E-state index contributed by atoms with van der Waals surface area (Å²) in [5.74, 6) is -1.11. The highest BCUT2D eigenvalue weighted by Gasteiger charge is 2.09. The van der Waals surface area contributed by atoms with Gasteiger partial charge in [0.15, 0.2) is 0 Å². The Bertz CT molecular complexity index is 404. The van der Waals surface area contributed by atoms with Gasteiger partial charge in [-0.15, -0.1) is 0 Å². The van der Waals surface area contributed by atoms with Gasteiger partial charge in [-0.2, -0.15) is 23.5 Å². The molecule has 14 N–H and O–H groups in total. The van der Waals surface area contributed by atoms with Crippen LogP contribution in [-0.2, 0) is 9.59 Å². The van der Waals surface area contributed by atoms with Gasteiger partial charge in [0.2, 0.25) is 0 Å². The van der Waals surface area contributed by atoms with Crippen molar-refractivity contribution in [2.24, 2.45) is 22.9 Å². The van der Waals surface area contributed by atoms with Crippen LogP contribution in [0, 0.1) is 0 Å². The average Bonchev–Trinajstić information content (AvgIpc) is 2.47. The Balaban J connectivity index is -0.000000173. The van der Waals surface area contributed by atoms with E-state index in [-0.39, 0.29) is 22.9 Å². The number of hydrogen-bond donors (Lipinski definition) is 6. The van der Waals surface area contributed by atoms with E-state index in [1.54, 1.807) is 23.5 Å². The first-order valence-electron chi connectivity index (χ1n) is 6.84.